The largest absolute Gasteiger partial charge is 0.493 e. The predicted octanol–water partition coefficient (Wildman–Crippen LogP) is 1.15. The number of rotatable bonds is 9. The highest BCUT2D eigenvalue weighted by atomic mass is 16.5. The molecule has 25 heavy (non-hydrogen) atoms. The molecule has 8 nitrogen and oxygen atoms in total. The summed E-state index contributed by atoms with van der Waals surface area (Å²) in [6.07, 6.45) is -0.145. The van der Waals surface area contributed by atoms with Gasteiger partial charge >= 0.3 is 5.97 Å². The van der Waals surface area contributed by atoms with Crippen LogP contribution in [-0.4, -0.2) is 61.1 Å². The number of amides is 2. The van der Waals surface area contributed by atoms with E-state index in [9.17, 15) is 14.4 Å². The van der Waals surface area contributed by atoms with E-state index in [0.29, 0.717) is 17.1 Å². The lowest BCUT2D eigenvalue weighted by Gasteiger charge is -2.26. The molecule has 0 heterocycles. The van der Waals surface area contributed by atoms with E-state index in [1.54, 1.807) is 26.0 Å². The van der Waals surface area contributed by atoms with Gasteiger partial charge in [0.2, 0.25) is 5.91 Å². The molecule has 2 amide bonds. The van der Waals surface area contributed by atoms with Gasteiger partial charge in [0.05, 0.1) is 27.2 Å². The van der Waals surface area contributed by atoms with Crippen LogP contribution in [-0.2, 0) is 9.59 Å². The minimum absolute atomic E-state index is 0.0953. The number of hydrogen-bond acceptors (Lipinski definition) is 5. The van der Waals surface area contributed by atoms with Crippen molar-refractivity contribution in [2.45, 2.75) is 26.3 Å². The molecular weight excluding hydrogens is 328 g/mol. The second-order valence-corrected chi connectivity index (χ2v) is 5.58. The van der Waals surface area contributed by atoms with Gasteiger partial charge in [0.25, 0.3) is 5.91 Å². The summed E-state index contributed by atoms with van der Waals surface area (Å²) in [6.45, 7) is 3.45. The molecule has 1 rings (SSSR count). The van der Waals surface area contributed by atoms with Gasteiger partial charge in [-0.3, -0.25) is 14.4 Å². The number of methoxy groups -OCH3 is 2. The summed E-state index contributed by atoms with van der Waals surface area (Å²) in [5.74, 6) is -0.851. The molecule has 1 aromatic carbocycles. The first-order valence-corrected chi connectivity index (χ1v) is 7.81. The zero-order valence-electron chi connectivity index (χ0n) is 14.9. The maximum atomic E-state index is 12.2. The van der Waals surface area contributed by atoms with Crippen molar-refractivity contribution in [3.63, 3.8) is 0 Å². The molecule has 2 N–H and O–H groups in total. The second kappa shape index (κ2) is 9.51. The van der Waals surface area contributed by atoms with Crippen LogP contribution in [0.3, 0.4) is 0 Å². The molecule has 8 heteroatoms. The van der Waals surface area contributed by atoms with Crippen LogP contribution in [0.4, 0.5) is 0 Å². The zero-order chi connectivity index (χ0) is 19.0. The molecular formula is C17H24N2O6. The van der Waals surface area contributed by atoms with E-state index < -0.39 is 11.9 Å². The molecule has 0 saturated carbocycles. The lowest BCUT2D eigenvalue weighted by atomic mass is 10.2. The van der Waals surface area contributed by atoms with E-state index >= 15 is 0 Å². The lowest BCUT2D eigenvalue weighted by Crippen LogP contribution is -2.44. The van der Waals surface area contributed by atoms with Crippen LogP contribution < -0.4 is 14.8 Å². The van der Waals surface area contributed by atoms with Gasteiger partial charge < -0.3 is 24.8 Å². The van der Waals surface area contributed by atoms with Crippen molar-refractivity contribution in [1.82, 2.24) is 10.2 Å². The van der Waals surface area contributed by atoms with Gasteiger partial charge in [-0.1, -0.05) is 0 Å². The maximum absolute atomic E-state index is 12.2. The fraction of sp³-hybridized carbons (Fsp3) is 0.471. The van der Waals surface area contributed by atoms with Crippen LogP contribution in [0.2, 0.25) is 0 Å². The first-order valence-electron chi connectivity index (χ1n) is 7.81. The minimum atomic E-state index is -0.979. The van der Waals surface area contributed by atoms with Crippen molar-refractivity contribution >= 4 is 17.8 Å². The number of carboxylic acid groups (broad SMARTS) is 1. The Bertz CT molecular complexity index is 630. The molecule has 0 atom stereocenters. The highest BCUT2D eigenvalue weighted by Crippen LogP contribution is 2.27. The number of carbonyl (C=O) groups excluding carboxylic acids is 2. The zero-order valence-corrected chi connectivity index (χ0v) is 14.9. The fourth-order valence-corrected chi connectivity index (χ4v) is 2.22. The van der Waals surface area contributed by atoms with Crippen molar-refractivity contribution in [1.29, 1.82) is 0 Å². The maximum Gasteiger partial charge on any atom is 0.305 e. The van der Waals surface area contributed by atoms with E-state index in [0.717, 1.165) is 0 Å². The van der Waals surface area contributed by atoms with Gasteiger partial charge in [-0.25, -0.2) is 0 Å². The topological polar surface area (TPSA) is 105 Å². The molecule has 138 valence electrons. The number of nitrogens with one attached hydrogen (secondary N) is 1. The summed E-state index contributed by atoms with van der Waals surface area (Å²) in [4.78, 5) is 36.5. The number of ether oxygens (including phenoxy) is 2. The van der Waals surface area contributed by atoms with E-state index in [2.05, 4.69) is 5.32 Å². The SMILES string of the molecule is COc1ccc(C(=O)NCC(=O)N(CCC(=O)O)C(C)C)cc1OC. The molecule has 0 unspecified atom stereocenters. The molecule has 0 aliphatic rings. The Kier molecular flexibility index (Phi) is 7.71. The number of benzene rings is 1. The number of nitrogens with zero attached hydrogens (tertiary/aromatic N) is 1. The number of aliphatic carboxylic acids is 1. The Balaban J connectivity index is 2.70. The Hall–Kier alpha value is -2.77. The summed E-state index contributed by atoms with van der Waals surface area (Å²) >= 11 is 0. The Morgan fingerprint density at radius 2 is 1.80 bits per heavy atom. The van der Waals surface area contributed by atoms with Crippen molar-refractivity contribution < 1.29 is 29.0 Å². The molecule has 0 aromatic heterocycles. The highest BCUT2D eigenvalue weighted by Gasteiger charge is 2.19. The van der Waals surface area contributed by atoms with E-state index in [1.165, 1.54) is 25.2 Å². The molecule has 0 saturated heterocycles. The van der Waals surface area contributed by atoms with Crippen molar-refractivity contribution in [3.05, 3.63) is 23.8 Å². The molecule has 1 aromatic rings. The van der Waals surface area contributed by atoms with Crippen LogP contribution in [0, 0.1) is 0 Å². The molecule has 0 aliphatic heterocycles. The summed E-state index contributed by atoms with van der Waals surface area (Å²) < 4.78 is 10.2. The molecule has 0 fully saturated rings. The number of carboxylic acids is 1. The van der Waals surface area contributed by atoms with Crippen molar-refractivity contribution in [2.75, 3.05) is 27.3 Å². The third kappa shape index (κ3) is 5.98. The van der Waals surface area contributed by atoms with E-state index in [-0.39, 0.29) is 31.5 Å². The quantitative estimate of drug-likeness (QED) is 0.691. The Morgan fingerprint density at radius 1 is 1.16 bits per heavy atom. The van der Waals surface area contributed by atoms with Gasteiger partial charge in [0.15, 0.2) is 11.5 Å². The third-order valence-electron chi connectivity index (χ3n) is 3.56. The minimum Gasteiger partial charge on any atom is -0.493 e. The Labute approximate surface area is 146 Å². The first kappa shape index (κ1) is 20.3. The van der Waals surface area contributed by atoms with Crippen molar-refractivity contribution in [2.24, 2.45) is 0 Å². The van der Waals surface area contributed by atoms with Gasteiger partial charge in [0.1, 0.15) is 0 Å². The van der Waals surface area contributed by atoms with Crippen LogP contribution in [0.25, 0.3) is 0 Å². The van der Waals surface area contributed by atoms with E-state index in [1.807, 2.05) is 0 Å². The molecule has 0 spiro atoms. The number of carbonyl (C=O) groups is 3. The first-order chi connectivity index (χ1) is 11.8. The van der Waals surface area contributed by atoms with E-state index in [4.69, 9.17) is 14.6 Å². The average Bonchev–Trinajstić information content (AvgIpc) is 2.58. The van der Waals surface area contributed by atoms with Gasteiger partial charge in [0, 0.05) is 18.2 Å². The van der Waals surface area contributed by atoms with Gasteiger partial charge in [-0.15, -0.1) is 0 Å². The molecule has 0 bridgehead atoms. The average molecular weight is 352 g/mol. The fourth-order valence-electron chi connectivity index (χ4n) is 2.22. The highest BCUT2D eigenvalue weighted by molar-refractivity contribution is 5.97. The number of hydrogen-bond donors (Lipinski definition) is 2. The van der Waals surface area contributed by atoms with Gasteiger partial charge in [-0.05, 0) is 32.0 Å². The summed E-state index contributed by atoms with van der Waals surface area (Å²) in [5, 5.41) is 11.3. The monoisotopic (exact) mass is 352 g/mol. The lowest BCUT2D eigenvalue weighted by molar-refractivity contribution is -0.138. The van der Waals surface area contributed by atoms with Gasteiger partial charge in [-0.2, -0.15) is 0 Å². The summed E-state index contributed by atoms with van der Waals surface area (Å²) in [6, 6.07) is 4.52. The van der Waals surface area contributed by atoms with Crippen molar-refractivity contribution in [3.8, 4) is 11.5 Å². The van der Waals surface area contributed by atoms with Crippen LogP contribution in [0.5, 0.6) is 11.5 Å². The third-order valence-corrected chi connectivity index (χ3v) is 3.56. The standard InChI is InChI=1S/C17H24N2O6/c1-11(2)19(8-7-16(21)22)15(20)10-18-17(23)12-5-6-13(24-3)14(9-12)25-4/h5-6,9,11H,7-8,10H2,1-4H3,(H,18,23)(H,21,22). The Morgan fingerprint density at radius 3 is 2.32 bits per heavy atom. The summed E-state index contributed by atoms with van der Waals surface area (Å²) in [7, 11) is 2.96. The smallest absolute Gasteiger partial charge is 0.305 e. The predicted molar refractivity (Wildman–Crippen MR) is 91.0 cm³/mol. The second-order valence-electron chi connectivity index (χ2n) is 5.58. The summed E-state index contributed by atoms with van der Waals surface area (Å²) in [5.41, 5.74) is 0.326. The van der Waals surface area contributed by atoms with Crippen LogP contribution in [0.15, 0.2) is 18.2 Å². The normalized spacial score (nSPS) is 10.3. The molecule has 0 radical (unpaired) electrons. The van der Waals surface area contributed by atoms with Crippen LogP contribution in [0.1, 0.15) is 30.6 Å². The van der Waals surface area contributed by atoms with Crippen LogP contribution >= 0.6 is 0 Å². The molecule has 0 aliphatic carbocycles.